The predicted octanol–water partition coefficient (Wildman–Crippen LogP) is 1.41. The molecule has 0 aliphatic carbocycles. The van der Waals surface area contributed by atoms with Gasteiger partial charge in [0.2, 0.25) is 0 Å². The minimum Gasteiger partial charge on any atom is -0.375 e. The molecule has 0 radical (unpaired) electrons. The van der Waals surface area contributed by atoms with Crippen molar-refractivity contribution in [2.24, 2.45) is 5.92 Å². The van der Waals surface area contributed by atoms with E-state index in [1.807, 2.05) is 7.05 Å². The highest BCUT2D eigenvalue weighted by Crippen LogP contribution is 2.33. The Kier molecular flexibility index (Phi) is 2.55. The van der Waals surface area contributed by atoms with E-state index in [0.717, 1.165) is 6.61 Å². The molecule has 1 aliphatic rings. The molecule has 1 heterocycles. The van der Waals surface area contributed by atoms with Crippen molar-refractivity contribution < 1.29 is 4.74 Å². The molecule has 2 heteroatoms. The maximum absolute atomic E-state index is 5.64. The third-order valence-electron chi connectivity index (χ3n) is 2.85. The van der Waals surface area contributed by atoms with Crippen molar-refractivity contribution >= 4 is 0 Å². The van der Waals surface area contributed by atoms with Gasteiger partial charge in [0.25, 0.3) is 0 Å². The average Bonchev–Trinajstić information content (AvgIpc) is 2.28. The summed E-state index contributed by atoms with van der Waals surface area (Å²) in [6.07, 6.45) is 1.19. The molecule has 1 saturated heterocycles. The van der Waals surface area contributed by atoms with E-state index < -0.39 is 0 Å². The zero-order valence-electron chi connectivity index (χ0n) is 7.98. The lowest BCUT2D eigenvalue weighted by atomic mass is 9.85. The van der Waals surface area contributed by atoms with Crippen molar-refractivity contribution in [3.05, 3.63) is 0 Å². The van der Waals surface area contributed by atoms with Gasteiger partial charge in [-0.25, -0.2) is 0 Å². The molecule has 66 valence electrons. The highest BCUT2D eigenvalue weighted by atomic mass is 16.5. The van der Waals surface area contributed by atoms with E-state index in [9.17, 15) is 0 Å². The highest BCUT2D eigenvalue weighted by molar-refractivity contribution is 4.90. The van der Waals surface area contributed by atoms with Crippen molar-refractivity contribution in [3.63, 3.8) is 0 Å². The van der Waals surface area contributed by atoms with Crippen LogP contribution in [0.25, 0.3) is 0 Å². The van der Waals surface area contributed by atoms with E-state index >= 15 is 0 Å². The predicted molar refractivity (Wildman–Crippen MR) is 46.7 cm³/mol. The van der Waals surface area contributed by atoms with Crippen LogP contribution in [0.15, 0.2) is 0 Å². The SMILES string of the molecule is CNC(C)C1CCOC1(C)C. The van der Waals surface area contributed by atoms with Gasteiger partial charge in [0.15, 0.2) is 0 Å². The van der Waals surface area contributed by atoms with E-state index in [1.165, 1.54) is 6.42 Å². The second-order valence-electron chi connectivity index (χ2n) is 3.92. The van der Waals surface area contributed by atoms with E-state index in [2.05, 4.69) is 26.1 Å². The first-order valence-corrected chi connectivity index (χ1v) is 4.39. The molecule has 2 nitrogen and oxygen atoms in total. The first-order valence-electron chi connectivity index (χ1n) is 4.39. The minimum absolute atomic E-state index is 0.0719. The summed E-state index contributed by atoms with van der Waals surface area (Å²) in [7, 11) is 2.01. The normalized spacial score (nSPS) is 32.2. The van der Waals surface area contributed by atoms with Gasteiger partial charge in [-0.2, -0.15) is 0 Å². The molecule has 1 fully saturated rings. The van der Waals surface area contributed by atoms with Crippen LogP contribution in [-0.2, 0) is 4.74 Å². The molecule has 0 amide bonds. The fourth-order valence-electron chi connectivity index (χ4n) is 1.96. The molecule has 0 saturated carbocycles. The van der Waals surface area contributed by atoms with E-state index in [4.69, 9.17) is 4.74 Å². The minimum atomic E-state index is 0.0719. The summed E-state index contributed by atoms with van der Waals surface area (Å²) in [4.78, 5) is 0. The van der Waals surface area contributed by atoms with Crippen LogP contribution < -0.4 is 5.32 Å². The molecule has 2 atom stereocenters. The zero-order chi connectivity index (χ0) is 8.48. The Bertz CT molecular complexity index is 134. The summed E-state index contributed by atoms with van der Waals surface area (Å²) in [5, 5.41) is 3.28. The van der Waals surface area contributed by atoms with E-state index in [0.29, 0.717) is 12.0 Å². The Morgan fingerprint density at radius 1 is 1.55 bits per heavy atom. The molecule has 0 spiro atoms. The Balaban J connectivity index is 2.57. The fraction of sp³-hybridized carbons (Fsp3) is 1.00. The second kappa shape index (κ2) is 3.11. The fourth-order valence-corrected chi connectivity index (χ4v) is 1.96. The average molecular weight is 157 g/mol. The summed E-state index contributed by atoms with van der Waals surface area (Å²) in [6.45, 7) is 7.50. The molecule has 0 aromatic rings. The molecule has 11 heavy (non-hydrogen) atoms. The quantitative estimate of drug-likeness (QED) is 0.654. The van der Waals surface area contributed by atoms with Gasteiger partial charge in [-0.3, -0.25) is 0 Å². The van der Waals surface area contributed by atoms with Crippen LogP contribution in [-0.4, -0.2) is 25.3 Å². The lowest BCUT2D eigenvalue weighted by Crippen LogP contribution is -2.40. The monoisotopic (exact) mass is 157 g/mol. The Hall–Kier alpha value is -0.0800. The van der Waals surface area contributed by atoms with Gasteiger partial charge in [0, 0.05) is 18.6 Å². The standard InChI is InChI=1S/C9H19NO/c1-7(10-4)8-5-6-11-9(8,2)3/h7-8,10H,5-6H2,1-4H3. The van der Waals surface area contributed by atoms with Crippen LogP contribution in [0.2, 0.25) is 0 Å². The number of hydrogen-bond acceptors (Lipinski definition) is 2. The van der Waals surface area contributed by atoms with Gasteiger partial charge in [0.1, 0.15) is 0 Å². The topological polar surface area (TPSA) is 21.3 Å². The van der Waals surface area contributed by atoms with Crippen LogP contribution in [0.5, 0.6) is 0 Å². The molecular formula is C9H19NO. The number of nitrogens with one attached hydrogen (secondary N) is 1. The smallest absolute Gasteiger partial charge is 0.0670 e. The van der Waals surface area contributed by atoms with Crippen LogP contribution in [0.1, 0.15) is 27.2 Å². The van der Waals surface area contributed by atoms with E-state index in [-0.39, 0.29) is 5.60 Å². The summed E-state index contributed by atoms with van der Waals surface area (Å²) in [6, 6.07) is 0.562. The maximum atomic E-state index is 5.64. The second-order valence-corrected chi connectivity index (χ2v) is 3.92. The molecule has 2 unspecified atom stereocenters. The van der Waals surface area contributed by atoms with Gasteiger partial charge in [-0.1, -0.05) is 0 Å². The maximum Gasteiger partial charge on any atom is 0.0670 e. The largest absolute Gasteiger partial charge is 0.375 e. The number of rotatable bonds is 2. The van der Waals surface area contributed by atoms with Crippen molar-refractivity contribution in [1.82, 2.24) is 5.32 Å². The first kappa shape index (κ1) is 9.01. The summed E-state index contributed by atoms with van der Waals surface area (Å²) >= 11 is 0. The van der Waals surface area contributed by atoms with Crippen molar-refractivity contribution in [1.29, 1.82) is 0 Å². The highest BCUT2D eigenvalue weighted by Gasteiger charge is 2.38. The molecule has 1 aliphatic heterocycles. The molecule has 1 rings (SSSR count). The van der Waals surface area contributed by atoms with Crippen LogP contribution in [0, 0.1) is 5.92 Å². The summed E-state index contributed by atoms with van der Waals surface area (Å²) < 4.78 is 5.64. The third kappa shape index (κ3) is 1.74. The van der Waals surface area contributed by atoms with Crippen molar-refractivity contribution in [2.45, 2.75) is 38.8 Å². The molecule has 0 aromatic carbocycles. The zero-order valence-corrected chi connectivity index (χ0v) is 7.98. The summed E-state index contributed by atoms with van der Waals surface area (Å²) in [5.41, 5.74) is 0.0719. The van der Waals surface area contributed by atoms with Crippen LogP contribution in [0.3, 0.4) is 0 Å². The van der Waals surface area contributed by atoms with Crippen molar-refractivity contribution in [3.8, 4) is 0 Å². The molecular weight excluding hydrogens is 138 g/mol. The lowest BCUT2D eigenvalue weighted by Gasteiger charge is -2.30. The van der Waals surface area contributed by atoms with Gasteiger partial charge in [-0.15, -0.1) is 0 Å². The Labute approximate surface area is 69.3 Å². The molecule has 0 aromatic heterocycles. The molecule has 1 N–H and O–H groups in total. The van der Waals surface area contributed by atoms with Gasteiger partial charge >= 0.3 is 0 Å². The Morgan fingerprint density at radius 3 is 2.55 bits per heavy atom. The third-order valence-corrected chi connectivity index (χ3v) is 2.85. The van der Waals surface area contributed by atoms with Gasteiger partial charge in [0.05, 0.1) is 5.60 Å². The number of hydrogen-bond donors (Lipinski definition) is 1. The van der Waals surface area contributed by atoms with Crippen LogP contribution in [0.4, 0.5) is 0 Å². The first-order chi connectivity index (χ1) is 5.08. The summed E-state index contributed by atoms with van der Waals surface area (Å²) in [5.74, 6) is 0.660. The molecule has 0 bridgehead atoms. The lowest BCUT2D eigenvalue weighted by molar-refractivity contribution is 0.00409. The van der Waals surface area contributed by atoms with Gasteiger partial charge < -0.3 is 10.1 Å². The Morgan fingerprint density at radius 2 is 2.18 bits per heavy atom. The van der Waals surface area contributed by atoms with Crippen molar-refractivity contribution in [2.75, 3.05) is 13.7 Å². The van der Waals surface area contributed by atoms with E-state index in [1.54, 1.807) is 0 Å². The van der Waals surface area contributed by atoms with Crippen LogP contribution >= 0.6 is 0 Å². The van der Waals surface area contributed by atoms with Gasteiger partial charge in [-0.05, 0) is 34.2 Å². The number of ether oxygens (including phenoxy) is 1.